The fraction of sp³-hybridized carbons (Fsp3) is 0.500. The summed E-state index contributed by atoms with van der Waals surface area (Å²) in [5, 5.41) is 15.1. The molecule has 8 nitrogen and oxygen atoms in total. The van der Waals surface area contributed by atoms with Crippen LogP contribution in [-0.2, 0) is 9.53 Å². The van der Waals surface area contributed by atoms with E-state index in [2.05, 4.69) is 39.1 Å². The molecule has 8 heteroatoms. The first-order valence-electron chi connectivity index (χ1n) is 7.79. The molecule has 1 saturated heterocycles. The standard InChI is InChI=1S/C16H24N4O4/c1-11-9-19(2)6-7-20(11)10-15(22)18-13-5-4-12(8-14(13)21)17-16(23)24-3/h4-5,8,11,21H,6-7,9-10H2,1-3H3,(H,17,23)(H,18,22). The zero-order valence-electron chi connectivity index (χ0n) is 14.2. The van der Waals surface area contributed by atoms with Gasteiger partial charge in [-0.25, -0.2) is 4.79 Å². The molecule has 2 amide bonds. The van der Waals surface area contributed by atoms with Gasteiger partial charge in [-0.05, 0) is 26.1 Å². The van der Waals surface area contributed by atoms with Crippen molar-refractivity contribution in [3.05, 3.63) is 18.2 Å². The second-order valence-corrected chi connectivity index (χ2v) is 5.98. The Morgan fingerprint density at radius 3 is 2.71 bits per heavy atom. The Balaban J connectivity index is 1.93. The average molecular weight is 336 g/mol. The molecule has 3 N–H and O–H groups in total. The van der Waals surface area contributed by atoms with Gasteiger partial charge in [0.2, 0.25) is 5.91 Å². The Labute approximate surface area is 141 Å². The minimum atomic E-state index is -0.629. The van der Waals surface area contributed by atoms with Crippen LogP contribution in [0.1, 0.15) is 6.92 Å². The maximum atomic E-state index is 12.2. The number of nitrogens with zero attached hydrogens (tertiary/aromatic N) is 2. The zero-order chi connectivity index (χ0) is 17.7. The minimum absolute atomic E-state index is 0.122. The molecule has 1 unspecified atom stereocenters. The van der Waals surface area contributed by atoms with Gasteiger partial charge in [0, 0.05) is 37.4 Å². The highest BCUT2D eigenvalue weighted by Gasteiger charge is 2.23. The minimum Gasteiger partial charge on any atom is -0.506 e. The summed E-state index contributed by atoms with van der Waals surface area (Å²) in [6, 6.07) is 4.76. The lowest BCUT2D eigenvalue weighted by Crippen LogP contribution is -2.52. The molecule has 0 radical (unpaired) electrons. The summed E-state index contributed by atoms with van der Waals surface area (Å²) in [6.45, 7) is 5.05. The average Bonchev–Trinajstić information content (AvgIpc) is 2.52. The number of aromatic hydroxyl groups is 1. The predicted octanol–water partition coefficient (Wildman–Crippen LogP) is 1.14. The van der Waals surface area contributed by atoms with Crippen molar-refractivity contribution in [3.8, 4) is 5.75 Å². The summed E-state index contributed by atoms with van der Waals surface area (Å²) in [5.41, 5.74) is 0.683. The smallest absolute Gasteiger partial charge is 0.411 e. The number of methoxy groups -OCH3 is 1. The molecule has 24 heavy (non-hydrogen) atoms. The molecule has 1 aromatic carbocycles. The van der Waals surface area contributed by atoms with Crippen LogP contribution in [-0.4, -0.2) is 73.3 Å². The van der Waals surface area contributed by atoms with Gasteiger partial charge in [0.15, 0.2) is 0 Å². The van der Waals surface area contributed by atoms with E-state index >= 15 is 0 Å². The number of piperazine rings is 1. The zero-order valence-corrected chi connectivity index (χ0v) is 14.2. The van der Waals surface area contributed by atoms with Crippen LogP contribution in [0.25, 0.3) is 0 Å². The third-order valence-electron chi connectivity index (χ3n) is 4.02. The van der Waals surface area contributed by atoms with Gasteiger partial charge in [-0.1, -0.05) is 0 Å². The van der Waals surface area contributed by atoms with Crippen LogP contribution in [0.4, 0.5) is 16.2 Å². The molecule has 1 fully saturated rings. The number of amides is 2. The number of carbonyl (C=O) groups is 2. The molecule has 1 atom stereocenters. The van der Waals surface area contributed by atoms with E-state index in [4.69, 9.17) is 0 Å². The van der Waals surface area contributed by atoms with Crippen molar-refractivity contribution in [1.29, 1.82) is 0 Å². The SMILES string of the molecule is COC(=O)Nc1ccc(NC(=O)CN2CCN(C)CC2C)c(O)c1. The quantitative estimate of drug-likeness (QED) is 0.714. The van der Waals surface area contributed by atoms with Crippen LogP contribution < -0.4 is 10.6 Å². The van der Waals surface area contributed by atoms with E-state index in [1.807, 2.05) is 0 Å². The highest BCUT2D eigenvalue weighted by molar-refractivity contribution is 5.94. The van der Waals surface area contributed by atoms with Gasteiger partial charge in [-0.3, -0.25) is 15.0 Å². The Morgan fingerprint density at radius 2 is 2.08 bits per heavy atom. The van der Waals surface area contributed by atoms with Crippen LogP contribution in [0.3, 0.4) is 0 Å². The van der Waals surface area contributed by atoms with Gasteiger partial charge >= 0.3 is 6.09 Å². The van der Waals surface area contributed by atoms with E-state index in [-0.39, 0.29) is 18.2 Å². The second-order valence-electron chi connectivity index (χ2n) is 5.98. The highest BCUT2D eigenvalue weighted by Crippen LogP contribution is 2.27. The monoisotopic (exact) mass is 336 g/mol. The molecular formula is C16H24N4O4. The summed E-state index contributed by atoms with van der Waals surface area (Å²) in [5.74, 6) is -0.306. The molecule has 132 valence electrons. The first kappa shape index (κ1) is 18.0. The van der Waals surface area contributed by atoms with E-state index in [9.17, 15) is 14.7 Å². The van der Waals surface area contributed by atoms with E-state index in [1.54, 1.807) is 6.07 Å². The molecule has 0 aliphatic carbocycles. The number of phenols is 1. The van der Waals surface area contributed by atoms with Crippen molar-refractivity contribution < 1.29 is 19.4 Å². The number of phenolic OH excluding ortho intramolecular Hbond substituents is 1. The molecule has 1 aromatic rings. The third kappa shape index (κ3) is 4.84. The molecule has 1 heterocycles. The summed E-state index contributed by atoms with van der Waals surface area (Å²) in [4.78, 5) is 27.7. The molecule has 1 aliphatic heterocycles. The van der Waals surface area contributed by atoms with Crippen LogP contribution >= 0.6 is 0 Å². The van der Waals surface area contributed by atoms with E-state index in [0.717, 1.165) is 19.6 Å². The summed E-state index contributed by atoms with van der Waals surface area (Å²) >= 11 is 0. The maximum Gasteiger partial charge on any atom is 0.411 e. The van der Waals surface area contributed by atoms with E-state index in [0.29, 0.717) is 17.4 Å². The van der Waals surface area contributed by atoms with Crippen molar-refractivity contribution in [2.24, 2.45) is 0 Å². The fourth-order valence-electron chi connectivity index (χ4n) is 2.67. The topological polar surface area (TPSA) is 94.1 Å². The van der Waals surface area contributed by atoms with Gasteiger partial charge < -0.3 is 20.1 Å². The van der Waals surface area contributed by atoms with Crippen LogP contribution in [0.5, 0.6) is 5.75 Å². The summed E-state index contributed by atoms with van der Waals surface area (Å²) in [6.07, 6.45) is -0.629. The van der Waals surface area contributed by atoms with Gasteiger partial charge in [-0.15, -0.1) is 0 Å². The molecule has 2 rings (SSSR count). The molecule has 0 saturated carbocycles. The molecular weight excluding hydrogens is 312 g/mol. The van der Waals surface area contributed by atoms with Gasteiger partial charge in [0.05, 0.1) is 19.3 Å². The number of ether oxygens (including phenoxy) is 1. The van der Waals surface area contributed by atoms with Crippen molar-refractivity contribution in [2.45, 2.75) is 13.0 Å². The van der Waals surface area contributed by atoms with Crippen LogP contribution in [0.2, 0.25) is 0 Å². The lowest BCUT2D eigenvalue weighted by Gasteiger charge is -2.37. The Hall–Kier alpha value is -2.32. The number of anilines is 2. The third-order valence-corrected chi connectivity index (χ3v) is 4.02. The van der Waals surface area contributed by atoms with Crippen molar-refractivity contribution in [2.75, 3.05) is 51.0 Å². The van der Waals surface area contributed by atoms with Crippen molar-refractivity contribution in [3.63, 3.8) is 0 Å². The van der Waals surface area contributed by atoms with E-state index in [1.165, 1.54) is 19.2 Å². The maximum absolute atomic E-state index is 12.2. The number of hydrogen-bond acceptors (Lipinski definition) is 6. The number of likely N-dealkylation sites (N-methyl/N-ethyl adjacent to an activating group) is 1. The normalized spacial score (nSPS) is 18.9. The van der Waals surface area contributed by atoms with Gasteiger partial charge in [0.1, 0.15) is 5.75 Å². The summed E-state index contributed by atoms with van der Waals surface area (Å²) < 4.78 is 4.48. The largest absolute Gasteiger partial charge is 0.506 e. The van der Waals surface area contributed by atoms with Crippen molar-refractivity contribution in [1.82, 2.24) is 9.80 Å². The number of nitrogens with one attached hydrogen (secondary N) is 2. The van der Waals surface area contributed by atoms with Crippen molar-refractivity contribution >= 4 is 23.4 Å². The van der Waals surface area contributed by atoms with Gasteiger partial charge in [-0.2, -0.15) is 0 Å². The Bertz CT molecular complexity index is 608. The lowest BCUT2D eigenvalue weighted by atomic mass is 10.2. The van der Waals surface area contributed by atoms with Gasteiger partial charge in [0.25, 0.3) is 0 Å². The molecule has 0 aromatic heterocycles. The Kier molecular flexibility index (Phi) is 5.99. The number of benzene rings is 1. The molecule has 0 spiro atoms. The van der Waals surface area contributed by atoms with Crippen LogP contribution in [0, 0.1) is 0 Å². The molecule has 1 aliphatic rings. The first-order valence-corrected chi connectivity index (χ1v) is 7.79. The van der Waals surface area contributed by atoms with Crippen LogP contribution in [0.15, 0.2) is 18.2 Å². The second kappa shape index (κ2) is 7.98. The number of carbonyl (C=O) groups excluding carboxylic acids is 2. The summed E-state index contributed by atoms with van der Waals surface area (Å²) in [7, 11) is 3.32. The predicted molar refractivity (Wildman–Crippen MR) is 91.3 cm³/mol. The van der Waals surface area contributed by atoms with E-state index < -0.39 is 6.09 Å². The number of rotatable bonds is 4. The molecule has 0 bridgehead atoms. The number of hydrogen-bond donors (Lipinski definition) is 3. The fourth-order valence-corrected chi connectivity index (χ4v) is 2.67. The first-order chi connectivity index (χ1) is 11.4. The lowest BCUT2D eigenvalue weighted by molar-refractivity contribution is -0.118. The Morgan fingerprint density at radius 1 is 1.33 bits per heavy atom. The highest BCUT2D eigenvalue weighted by atomic mass is 16.5.